The van der Waals surface area contributed by atoms with E-state index >= 15 is 0 Å². The Bertz CT molecular complexity index is 601. The van der Waals surface area contributed by atoms with Crippen LogP contribution in [0.4, 0.5) is 0 Å². The lowest BCUT2D eigenvalue weighted by molar-refractivity contribution is 0.412. The summed E-state index contributed by atoms with van der Waals surface area (Å²) >= 11 is 6.06. The molecule has 2 rings (SSSR count). The highest BCUT2D eigenvalue weighted by Crippen LogP contribution is 2.29. The number of nitrogens with one attached hydrogen (secondary N) is 1. The summed E-state index contributed by atoms with van der Waals surface area (Å²) in [4.78, 5) is 0. The Morgan fingerprint density at radius 1 is 1.24 bits per heavy atom. The van der Waals surface area contributed by atoms with Gasteiger partial charge in [-0.1, -0.05) is 41.9 Å². The van der Waals surface area contributed by atoms with Crippen LogP contribution in [0.25, 0.3) is 0 Å². The van der Waals surface area contributed by atoms with E-state index < -0.39 is 0 Å². The zero-order valence-electron chi connectivity index (χ0n) is 12.4. The number of hydrogen-bond donors (Lipinski definition) is 2. The van der Waals surface area contributed by atoms with Crippen molar-refractivity contribution < 1.29 is 4.74 Å². The van der Waals surface area contributed by atoms with Gasteiger partial charge in [0.1, 0.15) is 5.75 Å². The highest BCUT2D eigenvalue weighted by atomic mass is 35.5. The van der Waals surface area contributed by atoms with Gasteiger partial charge in [0, 0.05) is 6.04 Å². The van der Waals surface area contributed by atoms with Gasteiger partial charge in [-0.25, -0.2) is 0 Å². The lowest BCUT2D eigenvalue weighted by Gasteiger charge is -2.18. The third kappa shape index (κ3) is 3.97. The molecule has 1 unspecified atom stereocenters. The molecular formula is C17H21ClN2O. The summed E-state index contributed by atoms with van der Waals surface area (Å²) < 4.78 is 5.26. The Morgan fingerprint density at radius 3 is 2.67 bits per heavy atom. The molecule has 0 aliphatic heterocycles. The molecule has 3 N–H and O–H groups in total. The molecule has 112 valence electrons. The summed E-state index contributed by atoms with van der Waals surface area (Å²) in [6.07, 6.45) is 1.87. The zero-order valence-corrected chi connectivity index (χ0v) is 13.2. The van der Waals surface area contributed by atoms with E-state index in [1.807, 2.05) is 18.2 Å². The van der Waals surface area contributed by atoms with Crippen molar-refractivity contribution in [1.29, 1.82) is 0 Å². The van der Waals surface area contributed by atoms with Gasteiger partial charge in [-0.2, -0.15) is 0 Å². The lowest BCUT2D eigenvalue weighted by Crippen LogP contribution is -2.28. The summed E-state index contributed by atoms with van der Waals surface area (Å²) in [6.45, 7) is 2.13. The predicted molar refractivity (Wildman–Crippen MR) is 87.6 cm³/mol. The molecule has 0 saturated carbocycles. The number of halogens is 1. The largest absolute Gasteiger partial charge is 0.495 e. The standard InChI is InChI=1S/C17H21ClN2O/c1-12-5-3-4-6-13(12)8-10-16(20-19)14-7-9-15(18)17(11-14)21-2/h3-7,9,11,16,20H,8,10,19H2,1-2H3. The first kappa shape index (κ1) is 15.8. The van der Waals surface area contributed by atoms with Gasteiger partial charge in [0.15, 0.2) is 0 Å². The Morgan fingerprint density at radius 2 is 2.00 bits per heavy atom. The van der Waals surface area contributed by atoms with Gasteiger partial charge < -0.3 is 4.74 Å². The molecule has 0 heterocycles. The summed E-state index contributed by atoms with van der Waals surface area (Å²) in [5.74, 6) is 6.38. The Labute approximate surface area is 131 Å². The van der Waals surface area contributed by atoms with Crippen LogP contribution < -0.4 is 16.0 Å². The molecule has 21 heavy (non-hydrogen) atoms. The molecule has 2 aromatic carbocycles. The van der Waals surface area contributed by atoms with E-state index in [1.54, 1.807) is 7.11 Å². The second-order valence-electron chi connectivity index (χ2n) is 5.08. The highest BCUT2D eigenvalue weighted by Gasteiger charge is 2.12. The maximum absolute atomic E-state index is 6.06. The van der Waals surface area contributed by atoms with Crippen LogP contribution in [0.1, 0.15) is 29.2 Å². The van der Waals surface area contributed by atoms with E-state index in [9.17, 15) is 0 Å². The van der Waals surface area contributed by atoms with Crippen molar-refractivity contribution in [3.63, 3.8) is 0 Å². The van der Waals surface area contributed by atoms with E-state index in [1.165, 1.54) is 11.1 Å². The van der Waals surface area contributed by atoms with Gasteiger partial charge in [0.2, 0.25) is 0 Å². The van der Waals surface area contributed by atoms with Gasteiger partial charge in [0.05, 0.1) is 12.1 Å². The molecule has 0 amide bonds. The molecule has 2 aromatic rings. The van der Waals surface area contributed by atoms with Crippen LogP contribution in [-0.4, -0.2) is 7.11 Å². The van der Waals surface area contributed by atoms with Gasteiger partial charge in [0.25, 0.3) is 0 Å². The van der Waals surface area contributed by atoms with Gasteiger partial charge in [-0.15, -0.1) is 0 Å². The molecule has 0 saturated heterocycles. The van der Waals surface area contributed by atoms with Crippen molar-refractivity contribution in [2.24, 2.45) is 5.84 Å². The first-order valence-corrected chi connectivity index (χ1v) is 7.37. The second kappa shape index (κ2) is 7.46. The van der Waals surface area contributed by atoms with E-state index in [2.05, 4.69) is 36.6 Å². The van der Waals surface area contributed by atoms with Crippen LogP contribution in [0.15, 0.2) is 42.5 Å². The van der Waals surface area contributed by atoms with Gasteiger partial charge >= 0.3 is 0 Å². The minimum Gasteiger partial charge on any atom is -0.495 e. The van der Waals surface area contributed by atoms with E-state index in [-0.39, 0.29) is 6.04 Å². The van der Waals surface area contributed by atoms with Crippen LogP contribution in [0.3, 0.4) is 0 Å². The van der Waals surface area contributed by atoms with Gasteiger partial charge in [-0.05, 0) is 48.6 Å². The number of benzene rings is 2. The van der Waals surface area contributed by atoms with E-state index in [0.29, 0.717) is 10.8 Å². The van der Waals surface area contributed by atoms with Crippen LogP contribution in [0, 0.1) is 6.92 Å². The third-order valence-electron chi connectivity index (χ3n) is 3.74. The normalized spacial score (nSPS) is 12.2. The molecule has 0 spiro atoms. The van der Waals surface area contributed by atoms with E-state index in [4.69, 9.17) is 22.2 Å². The first-order valence-electron chi connectivity index (χ1n) is 6.99. The Kier molecular flexibility index (Phi) is 5.62. The van der Waals surface area contributed by atoms with E-state index in [0.717, 1.165) is 18.4 Å². The fourth-order valence-electron chi connectivity index (χ4n) is 2.43. The summed E-state index contributed by atoms with van der Waals surface area (Å²) in [5.41, 5.74) is 6.61. The summed E-state index contributed by atoms with van der Waals surface area (Å²) in [5, 5.41) is 0.607. The van der Waals surface area contributed by atoms with Crippen LogP contribution in [-0.2, 0) is 6.42 Å². The van der Waals surface area contributed by atoms with Gasteiger partial charge in [-0.3, -0.25) is 11.3 Å². The van der Waals surface area contributed by atoms with Crippen molar-refractivity contribution in [1.82, 2.24) is 5.43 Å². The Hall–Kier alpha value is -1.55. The number of rotatable bonds is 6. The van der Waals surface area contributed by atoms with Crippen molar-refractivity contribution >= 4 is 11.6 Å². The monoisotopic (exact) mass is 304 g/mol. The summed E-state index contributed by atoms with van der Waals surface area (Å²) in [7, 11) is 1.61. The number of aryl methyl sites for hydroxylation is 2. The van der Waals surface area contributed by atoms with Crippen LogP contribution in [0.5, 0.6) is 5.75 Å². The van der Waals surface area contributed by atoms with Crippen molar-refractivity contribution in [3.8, 4) is 5.75 Å². The molecule has 3 nitrogen and oxygen atoms in total. The molecule has 1 atom stereocenters. The topological polar surface area (TPSA) is 47.3 Å². The number of nitrogens with two attached hydrogens (primary N) is 1. The number of hydrazine groups is 1. The molecule has 0 bridgehead atoms. The molecule has 0 aliphatic rings. The predicted octanol–water partition coefficient (Wildman–Crippen LogP) is 3.79. The molecule has 0 aliphatic carbocycles. The smallest absolute Gasteiger partial charge is 0.137 e. The molecule has 0 fully saturated rings. The number of methoxy groups -OCH3 is 1. The average Bonchev–Trinajstić information content (AvgIpc) is 2.51. The quantitative estimate of drug-likeness (QED) is 0.630. The molecule has 0 radical (unpaired) electrons. The first-order chi connectivity index (χ1) is 10.2. The van der Waals surface area contributed by atoms with Crippen molar-refractivity contribution in [2.45, 2.75) is 25.8 Å². The average molecular weight is 305 g/mol. The lowest BCUT2D eigenvalue weighted by atomic mass is 9.97. The fraction of sp³-hybridized carbons (Fsp3) is 0.294. The number of ether oxygens (including phenoxy) is 1. The maximum atomic E-state index is 6.06. The summed E-state index contributed by atoms with van der Waals surface area (Å²) in [6, 6.07) is 14.2. The van der Waals surface area contributed by atoms with Crippen molar-refractivity contribution in [3.05, 3.63) is 64.2 Å². The third-order valence-corrected chi connectivity index (χ3v) is 4.05. The fourth-order valence-corrected chi connectivity index (χ4v) is 2.62. The molecule has 4 heteroatoms. The maximum Gasteiger partial charge on any atom is 0.137 e. The van der Waals surface area contributed by atoms with Crippen LogP contribution >= 0.6 is 11.6 Å². The Balaban J connectivity index is 2.11. The minimum atomic E-state index is 0.0655. The molecule has 0 aromatic heterocycles. The highest BCUT2D eigenvalue weighted by molar-refractivity contribution is 6.32. The van der Waals surface area contributed by atoms with Crippen molar-refractivity contribution in [2.75, 3.05) is 7.11 Å². The van der Waals surface area contributed by atoms with Crippen LogP contribution in [0.2, 0.25) is 5.02 Å². The molecular weight excluding hydrogens is 284 g/mol. The minimum absolute atomic E-state index is 0.0655. The SMILES string of the molecule is COc1cc(C(CCc2ccccc2C)NN)ccc1Cl. The zero-order chi connectivity index (χ0) is 15.2. The number of hydrogen-bond acceptors (Lipinski definition) is 3. The second-order valence-corrected chi connectivity index (χ2v) is 5.49.